The summed E-state index contributed by atoms with van der Waals surface area (Å²) in [5, 5.41) is 4.05. The lowest BCUT2D eigenvalue weighted by atomic mass is 10.2. The van der Waals surface area contributed by atoms with Crippen LogP contribution in [0.2, 0.25) is 0 Å². The van der Waals surface area contributed by atoms with Gasteiger partial charge in [-0.15, -0.1) is 0 Å². The molecule has 0 aliphatic carbocycles. The lowest BCUT2D eigenvalue weighted by Crippen LogP contribution is -2.46. The molecule has 0 saturated carbocycles. The van der Waals surface area contributed by atoms with Gasteiger partial charge in [-0.25, -0.2) is 12.8 Å². The van der Waals surface area contributed by atoms with E-state index < -0.39 is 21.9 Å². The number of hydrogen-bond acceptors (Lipinski definition) is 3. The Labute approximate surface area is 175 Å². The molecule has 8 heteroatoms. The smallest absolute Gasteiger partial charge is 0.243 e. The minimum atomic E-state index is -3.84. The number of amides is 1. The lowest BCUT2D eigenvalue weighted by Gasteiger charge is -2.23. The van der Waals surface area contributed by atoms with Crippen molar-refractivity contribution in [3.8, 4) is 0 Å². The number of carbonyl (C=O) groups is 1. The Balaban J connectivity index is 1.35. The molecule has 1 unspecified atom stereocenters. The summed E-state index contributed by atoms with van der Waals surface area (Å²) in [6, 6.07) is 14.1. The predicted octanol–water partition coefficient (Wildman–Crippen LogP) is 3.14. The molecule has 4 rings (SSSR count). The van der Waals surface area contributed by atoms with Crippen molar-refractivity contribution < 1.29 is 17.6 Å². The largest absolute Gasteiger partial charge is 0.355 e. The van der Waals surface area contributed by atoms with E-state index >= 15 is 0 Å². The van der Waals surface area contributed by atoms with E-state index in [1.807, 2.05) is 18.3 Å². The van der Waals surface area contributed by atoms with Gasteiger partial charge in [0, 0.05) is 31.3 Å². The van der Waals surface area contributed by atoms with Gasteiger partial charge in [-0.3, -0.25) is 4.79 Å². The highest BCUT2D eigenvalue weighted by molar-refractivity contribution is 7.89. The van der Waals surface area contributed by atoms with E-state index in [1.54, 1.807) is 0 Å². The summed E-state index contributed by atoms with van der Waals surface area (Å²) in [6.07, 6.45) is 3.87. The maximum atomic E-state index is 13.1. The van der Waals surface area contributed by atoms with Crippen LogP contribution in [0.4, 0.5) is 4.39 Å². The number of rotatable bonds is 7. The molecule has 1 aliphatic rings. The summed E-state index contributed by atoms with van der Waals surface area (Å²) in [5.41, 5.74) is 1.15. The summed E-state index contributed by atoms with van der Waals surface area (Å²) < 4.78 is 42.3. The van der Waals surface area contributed by atoms with E-state index in [-0.39, 0.29) is 17.3 Å². The third kappa shape index (κ3) is 4.11. The monoisotopic (exact) mass is 429 g/mol. The summed E-state index contributed by atoms with van der Waals surface area (Å²) >= 11 is 0. The summed E-state index contributed by atoms with van der Waals surface area (Å²) in [7, 11) is -3.84. The van der Waals surface area contributed by atoms with Crippen LogP contribution in [-0.2, 0) is 21.4 Å². The number of carbonyl (C=O) groups excluding carboxylic acids is 1. The fraction of sp³-hybridized carbons (Fsp3) is 0.318. The summed E-state index contributed by atoms with van der Waals surface area (Å²) in [6.45, 7) is 1.51. The first-order chi connectivity index (χ1) is 14.5. The molecule has 30 heavy (non-hydrogen) atoms. The number of para-hydroxylation sites is 1. The molecule has 3 aromatic rings. The number of sulfonamides is 1. The summed E-state index contributed by atoms with van der Waals surface area (Å²) in [4.78, 5) is 12.7. The Morgan fingerprint density at radius 3 is 2.67 bits per heavy atom. The van der Waals surface area contributed by atoms with Gasteiger partial charge in [0.25, 0.3) is 0 Å². The van der Waals surface area contributed by atoms with Crippen LogP contribution in [0.3, 0.4) is 0 Å². The Morgan fingerprint density at radius 1 is 1.10 bits per heavy atom. The van der Waals surface area contributed by atoms with Gasteiger partial charge in [0.1, 0.15) is 11.9 Å². The van der Waals surface area contributed by atoms with Crippen LogP contribution in [0, 0.1) is 5.82 Å². The molecule has 2 heterocycles. The van der Waals surface area contributed by atoms with Crippen molar-refractivity contribution in [2.75, 3.05) is 13.1 Å². The molecular formula is C22H24FN3O3S. The standard InChI is InChI=1S/C22H24FN3O3S/c23-18-8-10-19(11-9-18)30(28,29)26-15-3-7-21(26)22(27)24-13-4-14-25-16-12-17-5-1-2-6-20(17)25/h1-2,5-6,8-12,16,21H,3-4,7,13-15H2,(H,24,27). The fourth-order valence-corrected chi connectivity index (χ4v) is 5.60. The van der Waals surface area contributed by atoms with Crippen molar-refractivity contribution >= 4 is 26.8 Å². The number of nitrogens with zero attached hydrogens (tertiary/aromatic N) is 2. The van der Waals surface area contributed by atoms with Crippen LogP contribution in [0.1, 0.15) is 19.3 Å². The molecule has 1 fully saturated rings. The van der Waals surface area contributed by atoms with E-state index in [0.717, 1.165) is 30.6 Å². The third-order valence-corrected chi connectivity index (χ3v) is 7.40. The molecule has 1 aliphatic heterocycles. The second kappa shape index (κ2) is 8.57. The second-order valence-corrected chi connectivity index (χ2v) is 9.33. The molecule has 0 spiro atoms. The van der Waals surface area contributed by atoms with Crippen molar-refractivity contribution in [2.24, 2.45) is 0 Å². The van der Waals surface area contributed by atoms with E-state index in [4.69, 9.17) is 0 Å². The number of fused-ring (bicyclic) bond motifs is 1. The van der Waals surface area contributed by atoms with Crippen molar-refractivity contribution in [3.63, 3.8) is 0 Å². The first-order valence-corrected chi connectivity index (χ1v) is 11.5. The third-order valence-electron chi connectivity index (χ3n) is 5.48. The van der Waals surface area contributed by atoms with Gasteiger partial charge in [-0.2, -0.15) is 4.31 Å². The summed E-state index contributed by atoms with van der Waals surface area (Å²) in [5.74, 6) is -0.782. The van der Waals surface area contributed by atoms with E-state index in [2.05, 4.69) is 28.1 Å². The molecular weight excluding hydrogens is 405 g/mol. The number of aromatic nitrogens is 1. The average molecular weight is 430 g/mol. The van der Waals surface area contributed by atoms with E-state index in [1.165, 1.54) is 21.8 Å². The molecule has 0 bridgehead atoms. The first kappa shape index (κ1) is 20.6. The van der Waals surface area contributed by atoms with Gasteiger partial charge in [0.05, 0.1) is 4.90 Å². The molecule has 158 valence electrons. The average Bonchev–Trinajstić information content (AvgIpc) is 3.39. The van der Waals surface area contributed by atoms with Gasteiger partial charge in [0.15, 0.2) is 0 Å². The zero-order valence-corrected chi connectivity index (χ0v) is 17.3. The minimum Gasteiger partial charge on any atom is -0.355 e. The highest BCUT2D eigenvalue weighted by atomic mass is 32.2. The first-order valence-electron chi connectivity index (χ1n) is 10.1. The SMILES string of the molecule is O=C(NCCCn1ccc2ccccc21)C1CCCN1S(=O)(=O)c1ccc(F)cc1. The van der Waals surface area contributed by atoms with E-state index in [0.29, 0.717) is 19.4 Å². The number of hydrogen-bond donors (Lipinski definition) is 1. The van der Waals surface area contributed by atoms with E-state index in [9.17, 15) is 17.6 Å². The number of halogens is 1. The Morgan fingerprint density at radius 2 is 1.87 bits per heavy atom. The van der Waals surface area contributed by atoms with Crippen molar-refractivity contribution in [3.05, 3.63) is 66.6 Å². The topological polar surface area (TPSA) is 71.4 Å². The van der Waals surface area contributed by atoms with Crippen molar-refractivity contribution in [1.29, 1.82) is 0 Å². The fourth-order valence-electron chi connectivity index (χ4n) is 3.95. The maximum Gasteiger partial charge on any atom is 0.243 e. The normalized spacial score (nSPS) is 17.4. The molecule has 1 saturated heterocycles. The quantitative estimate of drug-likeness (QED) is 0.587. The zero-order valence-electron chi connectivity index (χ0n) is 16.5. The minimum absolute atomic E-state index is 0.00286. The van der Waals surface area contributed by atoms with Crippen LogP contribution < -0.4 is 5.32 Å². The molecule has 1 amide bonds. The number of nitrogens with one attached hydrogen (secondary N) is 1. The second-order valence-electron chi connectivity index (χ2n) is 7.44. The van der Waals surface area contributed by atoms with Gasteiger partial charge in [0.2, 0.25) is 15.9 Å². The van der Waals surface area contributed by atoms with Crippen LogP contribution in [0.25, 0.3) is 10.9 Å². The van der Waals surface area contributed by atoms with Gasteiger partial charge in [-0.05, 0) is 61.0 Å². The Kier molecular flexibility index (Phi) is 5.87. The highest BCUT2D eigenvalue weighted by Crippen LogP contribution is 2.26. The van der Waals surface area contributed by atoms with Crippen LogP contribution in [0.15, 0.2) is 65.7 Å². The van der Waals surface area contributed by atoms with Crippen LogP contribution >= 0.6 is 0 Å². The molecule has 1 atom stereocenters. The van der Waals surface area contributed by atoms with Crippen molar-refractivity contribution in [1.82, 2.24) is 14.2 Å². The van der Waals surface area contributed by atoms with Crippen molar-refractivity contribution in [2.45, 2.75) is 36.7 Å². The van der Waals surface area contributed by atoms with Gasteiger partial charge < -0.3 is 9.88 Å². The van der Waals surface area contributed by atoms with Crippen LogP contribution in [0.5, 0.6) is 0 Å². The molecule has 6 nitrogen and oxygen atoms in total. The maximum absolute atomic E-state index is 13.1. The molecule has 1 N–H and O–H groups in total. The zero-order chi connectivity index (χ0) is 21.1. The lowest BCUT2D eigenvalue weighted by molar-refractivity contribution is -0.124. The van der Waals surface area contributed by atoms with Gasteiger partial charge >= 0.3 is 0 Å². The Bertz CT molecular complexity index is 1140. The number of aryl methyl sites for hydroxylation is 1. The molecule has 1 aromatic heterocycles. The molecule has 2 aromatic carbocycles. The highest BCUT2D eigenvalue weighted by Gasteiger charge is 2.39. The molecule has 0 radical (unpaired) electrons. The predicted molar refractivity (Wildman–Crippen MR) is 113 cm³/mol. The number of benzene rings is 2. The Hall–Kier alpha value is -2.71. The van der Waals surface area contributed by atoms with Gasteiger partial charge in [-0.1, -0.05) is 18.2 Å². The van der Waals surface area contributed by atoms with Crippen LogP contribution in [-0.4, -0.2) is 42.3 Å².